The van der Waals surface area contributed by atoms with E-state index in [0.29, 0.717) is 25.8 Å². The van der Waals surface area contributed by atoms with Crippen LogP contribution < -0.4 is 10.9 Å². The van der Waals surface area contributed by atoms with Crippen LogP contribution in [0.2, 0.25) is 0 Å². The topological polar surface area (TPSA) is 112 Å². The van der Waals surface area contributed by atoms with E-state index >= 15 is 0 Å². The molecular formula is C18H26N4O4. The van der Waals surface area contributed by atoms with Gasteiger partial charge in [-0.3, -0.25) is 30.2 Å². The molecule has 3 amide bonds. The Morgan fingerprint density at radius 2 is 2.08 bits per heavy atom. The third kappa shape index (κ3) is 4.37. The first-order valence-electron chi connectivity index (χ1n) is 8.77. The first-order chi connectivity index (χ1) is 12.3. The summed E-state index contributed by atoms with van der Waals surface area (Å²) in [6.07, 6.45) is 2.08. The highest BCUT2D eigenvalue weighted by Gasteiger charge is 2.41. The number of aromatic nitrogens is 1. The second kappa shape index (κ2) is 8.27. The van der Waals surface area contributed by atoms with E-state index in [1.807, 2.05) is 20.8 Å². The van der Waals surface area contributed by atoms with E-state index in [1.165, 1.54) is 17.2 Å². The fourth-order valence-corrected chi connectivity index (χ4v) is 2.75. The lowest BCUT2D eigenvalue weighted by molar-refractivity contribution is -0.150. The molecular weight excluding hydrogens is 336 g/mol. The van der Waals surface area contributed by atoms with E-state index in [0.717, 1.165) is 0 Å². The third-order valence-corrected chi connectivity index (χ3v) is 4.92. The number of hydrogen-bond donors (Lipinski definition) is 3. The van der Waals surface area contributed by atoms with Crippen molar-refractivity contribution in [2.45, 2.75) is 52.2 Å². The molecule has 0 spiro atoms. The van der Waals surface area contributed by atoms with Crippen molar-refractivity contribution in [3.63, 3.8) is 0 Å². The van der Waals surface area contributed by atoms with Gasteiger partial charge in [-0.25, -0.2) is 0 Å². The largest absolute Gasteiger partial charge is 0.383 e. The fraction of sp³-hybridized carbons (Fsp3) is 0.556. The molecule has 0 aliphatic carbocycles. The number of rotatable bonds is 5. The highest BCUT2D eigenvalue weighted by molar-refractivity contribution is 5.95. The quantitative estimate of drug-likeness (QED) is 0.665. The SMILES string of the molecule is CCC(C)(C)C(O)C(=O)N1CCC[C@H]1C(=O)NNC(=O)c1ccccn1. The predicted octanol–water partition coefficient (Wildman–Crippen LogP) is 0.631. The highest BCUT2D eigenvalue weighted by Crippen LogP contribution is 2.28. The van der Waals surface area contributed by atoms with Crippen molar-refractivity contribution in [2.24, 2.45) is 5.41 Å². The minimum atomic E-state index is -1.18. The molecule has 142 valence electrons. The first kappa shape index (κ1) is 19.8. The second-order valence-corrected chi connectivity index (χ2v) is 7.09. The minimum Gasteiger partial charge on any atom is -0.383 e. The van der Waals surface area contributed by atoms with Gasteiger partial charge in [-0.05, 0) is 36.8 Å². The van der Waals surface area contributed by atoms with Crippen LogP contribution in [0.3, 0.4) is 0 Å². The van der Waals surface area contributed by atoms with Crippen molar-refractivity contribution in [1.29, 1.82) is 0 Å². The second-order valence-electron chi connectivity index (χ2n) is 7.09. The molecule has 8 heteroatoms. The standard InChI is InChI=1S/C18H26N4O4/c1-4-18(2,3)14(23)17(26)22-11-7-9-13(22)16(25)21-20-15(24)12-8-5-6-10-19-12/h5-6,8,10,13-14,23H,4,7,9,11H2,1-3H3,(H,20,24)(H,21,25)/t13-,14?/m0/s1. The summed E-state index contributed by atoms with van der Waals surface area (Å²) in [6.45, 7) is 5.93. The van der Waals surface area contributed by atoms with E-state index in [-0.39, 0.29) is 5.69 Å². The van der Waals surface area contributed by atoms with Gasteiger partial charge in [0.2, 0.25) is 0 Å². The van der Waals surface area contributed by atoms with Crippen LogP contribution >= 0.6 is 0 Å². The minimum absolute atomic E-state index is 0.173. The fourth-order valence-electron chi connectivity index (χ4n) is 2.75. The summed E-state index contributed by atoms with van der Waals surface area (Å²) in [5.41, 5.74) is 4.25. The number of hydrazine groups is 1. The van der Waals surface area contributed by atoms with Gasteiger partial charge in [-0.2, -0.15) is 0 Å². The van der Waals surface area contributed by atoms with Gasteiger partial charge in [0.15, 0.2) is 0 Å². The van der Waals surface area contributed by atoms with Crippen LogP contribution in [0.4, 0.5) is 0 Å². The summed E-state index contributed by atoms with van der Waals surface area (Å²) in [5.74, 6) is -1.48. The molecule has 0 saturated carbocycles. The van der Waals surface area contributed by atoms with E-state index < -0.39 is 35.3 Å². The van der Waals surface area contributed by atoms with Gasteiger partial charge in [-0.1, -0.05) is 26.8 Å². The molecule has 2 heterocycles. The summed E-state index contributed by atoms with van der Waals surface area (Å²) in [4.78, 5) is 42.3. The van der Waals surface area contributed by atoms with Crippen LogP contribution in [-0.2, 0) is 9.59 Å². The average Bonchev–Trinajstić information content (AvgIpc) is 3.15. The van der Waals surface area contributed by atoms with Gasteiger partial charge >= 0.3 is 0 Å². The number of amides is 3. The smallest absolute Gasteiger partial charge is 0.288 e. The van der Waals surface area contributed by atoms with Crippen LogP contribution in [0.15, 0.2) is 24.4 Å². The Morgan fingerprint density at radius 3 is 2.69 bits per heavy atom. The molecule has 2 atom stereocenters. The van der Waals surface area contributed by atoms with Gasteiger partial charge in [0.1, 0.15) is 17.8 Å². The normalized spacial score (nSPS) is 18.3. The van der Waals surface area contributed by atoms with E-state index in [1.54, 1.807) is 12.1 Å². The van der Waals surface area contributed by atoms with Crippen LogP contribution in [0.1, 0.15) is 50.5 Å². The van der Waals surface area contributed by atoms with Gasteiger partial charge in [0.05, 0.1) is 0 Å². The van der Waals surface area contributed by atoms with Gasteiger partial charge in [0, 0.05) is 12.7 Å². The number of nitrogens with one attached hydrogen (secondary N) is 2. The molecule has 26 heavy (non-hydrogen) atoms. The zero-order valence-electron chi connectivity index (χ0n) is 15.4. The van der Waals surface area contributed by atoms with E-state index in [2.05, 4.69) is 15.8 Å². The number of likely N-dealkylation sites (tertiary alicyclic amines) is 1. The number of hydrogen-bond acceptors (Lipinski definition) is 5. The summed E-state index contributed by atoms with van der Waals surface area (Å²) in [5, 5.41) is 10.4. The van der Waals surface area contributed by atoms with Gasteiger partial charge < -0.3 is 10.0 Å². The number of aliphatic hydroxyl groups excluding tert-OH is 1. The first-order valence-corrected chi connectivity index (χ1v) is 8.77. The number of pyridine rings is 1. The zero-order valence-corrected chi connectivity index (χ0v) is 15.4. The Morgan fingerprint density at radius 1 is 1.35 bits per heavy atom. The van der Waals surface area contributed by atoms with Crippen molar-refractivity contribution < 1.29 is 19.5 Å². The third-order valence-electron chi connectivity index (χ3n) is 4.92. The monoisotopic (exact) mass is 362 g/mol. The lowest BCUT2D eigenvalue weighted by Crippen LogP contribution is -2.54. The Hall–Kier alpha value is -2.48. The van der Waals surface area contributed by atoms with E-state index in [9.17, 15) is 19.5 Å². The van der Waals surface area contributed by atoms with E-state index in [4.69, 9.17) is 0 Å². The van der Waals surface area contributed by atoms with Gasteiger partial charge in [-0.15, -0.1) is 0 Å². The van der Waals surface area contributed by atoms with Crippen LogP contribution in [0, 0.1) is 5.41 Å². The van der Waals surface area contributed by atoms with Crippen molar-refractivity contribution in [3.05, 3.63) is 30.1 Å². The molecule has 1 saturated heterocycles. The van der Waals surface area contributed by atoms with Crippen molar-refractivity contribution in [3.8, 4) is 0 Å². The molecule has 0 radical (unpaired) electrons. The number of carbonyl (C=O) groups excluding carboxylic acids is 3. The average molecular weight is 362 g/mol. The molecule has 1 aromatic heterocycles. The molecule has 8 nitrogen and oxygen atoms in total. The Bertz CT molecular complexity index is 662. The molecule has 1 aliphatic heterocycles. The summed E-state index contributed by atoms with van der Waals surface area (Å²) in [6, 6.07) is 4.16. The maximum absolute atomic E-state index is 12.6. The zero-order chi connectivity index (χ0) is 19.3. The van der Waals surface area contributed by atoms with Crippen molar-refractivity contribution in [1.82, 2.24) is 20.7 Å². The molecule has 0 bridgehead atoms. The highest BCUT2D eigenvalue weighted by atomic mass is 16.3. The van der Waals surface area contributed by atoms with Crippen molar-refractivity contribution in [2.75, 3.05) is 6.54 Å². The Labute approximate surface area is 152 Å². The van der Waals surface area contributed by atoms with Crippen LogP contribution in [0.25, 0.3) is 0 Å². The number of carbonyl (C=O) groups is 3. The lowest BCUT2D eigenvalue weighted by atomic mass is 9.83. The molecule has 2 rings (SSSR count). The molecule has 3 N–H and O–H groups in total. The molecule has 0 aromatic carbocycles. The molecule has 1 aliphatic rings. The number of aliphatic hydroxyl groups is 1. The summed E-state index contributed by atoms with van der Waals surface area (Å²) in [7, 11) is 0. The van der Waals surface area contributed by atoms with Gasteiger partial charge in [0.25, 0.3) is 17.7 Å². The van der Waals surface area contributed by atoms with Crippen LogP contribution in [0.5, 0.6) is 0 Å². The Kier molecular flexibility index (Phi) is 6.31. The maximum atomic E-state index is 12.6. The van der Waals surface area contributed by atoms with Crippen molar-refractivity contribution >= 4 is 17.7 Å². The predicted molar refractivity (Wildman–Crippen MR) is 94.7 cm³/mol. The summed E-state index contributed by atoms with van der Waals surface area (Å²) < 4.78 is 0. The maximum Gasteiger partial charge on any atom is 0.288 e. The lowest BCUT2D eigenvalue weighted by Gasteiger charge is -2.33. The summed E-state index contributed by atoms with van der Waals surface area (Å²) >= 11 is 0. The molecule has 1 fully saturated rings. The molecule has 1 aromatic rings. The Balaban J connectivity index is 1.97. The number of nitrogens with zero attached hydrogens (tertiary/aromatic N) is 2. The van der Waals surface area contributed by atoms with Crippen LogP contribution in [-0.4, -0.2) is 51.4 Å². The molecule has 1 unspecified atom stereocenters.